The van der Waals surface area contributed by atoms with Crippen LogP contribution in [0.4, 0.5) is 34.1 Å². The van der Waals surface area contributed by atoms with Crippen LogP contribution in [-0.4, -0.2) is 54.1 Å². The summed E-state index contributed by atoms with van der Waals surface area (Å²) >= 11 is 0. The Morgan fingerprint density at radius 3 is 0.952 bits per heavy atom. The van der Waals surface area contributed by atoms with Crippen LogP contribution in [0.2, 0.25) is 0 Å². The Morgan fingerprint density at radius 1 is 0.276 bits per heavy atom. The molecule has 3 aliphatic rings. The zero-order valence-electron chi connectivity index (χ0n) is 57.9. The zero-order valence-corrected chi connectivity index (χ0v) is 65.1. The van der Waals surface area contributed by atoms with E-state index in [0.29, 0.717) is 0 Å². The summed E-state index contributed by atoms with van der Waals surface area (Å²) in [4.78, 5) is 26.0. The maximum Gasteiger partial charge on any atom is 3.00 e. The van der Waals surface area contributed by atoms with E-state index in [1.807, 2.05) is 273 Å². The quantitative estimate of drug-likeness (QED) is 0.0830. The second-order valence-electron chi connectivity index (χ2n) is 23.6. The molecule has 15 heteroatoms. The van der Waals surface area contributed by atoms with Crippen LogP contribution in [0.25, 0.3) is 0 Å². The molecule has 0 fully saturated rings. The molecular formula is C90H73B3Ir3N9. The topological polar surface area (TPSA) is 58.1 Å². The van der Waals surface area contributed by atoms with Gasteiger partial charge in [-0.3, -0.25) is 15.0 Å². The van der Waals surface area contributed by atoms with Gasteiger partial charge in [0.15, 0.2) is 0 Å². The molecule has 0 bridgehead atoms. The minimum atomic E-state index is 0. The zero-order chi connectivity index (χ0) is 69.6. The Hall–Kier alpha value is -10.7. The van der Waals surface area contributed by atoms with E-state index < -0.39 is 0 Å². The van der Waals surface area contributed by atoms with Gasteiger partial charge in [-0.05, 0) is 99.6 Å². The molecule has 0 saturated carbocycles. The van der Waals surface area contributed by atoms with Crippen LogP contribution >= 0.6 is 0 Å². The summed E-state index contributed by atoms with van der Waals surface area (Å²) in [6, 6.07) is 136. The van der Waals surface area contributed by atoms with Gasteiger partial charge in [-0.25, -0.2) is 0 Å². The fourth-order valence-electron chi connectivity index (χ4n) is 11.8. The standard InChI is InChI=1S/3C17H13BN.C15H12N2.C14H12N2.C10H10N2.3Ir/c3*1-3-9-15(10-4-1)18(16-11-5-2-6-12-16)17-13-7-8-14-19-17;1-3-7-14(8-4-1)16-11-12-17(13-16)15-9-5-2-6-10-15;1-15-11-16(12-7-3-2-4-8-12)14-10-6-5-9-13(14)15;1-11-7-8-12(9-11)10-5-3-2-4-6-10;;;/h3*1-11,13-14H;1-9,11-13H;2-7,9-11H,1H3;2-5,7-9H,1H3;;;/q3*-1;3*-2;3*+3. The first kappa shape index (κ1) is 78.4. The van der Waals surface area contributed by atoms with Crippen molar-refractivity contribution in [2.75, 3.05) is 38.6 Å². The second kappa shape index (κ2) is 42.2. The van der Waals surface area contributed by atoms with Crippen LogP contribution in [0.5, 0.6) is 0 Å². The van der Waals surface area contributed by atoms with Crippen molar-refractivity contribution in [1.82, 2.24) is 19.9 Å². The number of anilines is 6. The summed E-state index contributed by atoms with van der Waals surface area (Å²) < 4.78 is 0. The smallest absolute Gasteiger partial charge is 0.510 e. The van der Waals surface area contributed by atoms with Crippen LogP contribution in [0, 0.1) is 56.4 Å². The van der Waals surface area contributed by atoms with Crippen LogP contribution in [0.3, 0.4) is 0 Å². The van der Waals surface area contributed by atoms with Crippen LogP contribution in [0.1, 0.15) is 0 Å². The molecule has 0 saturated heterocycles. The molecule has 6 heterocycles. The van der Waals surface area contributed by atoms with Gasteiger partial charge < -0.3 is 29.4 Å². The molecule has 0 radical (unpaired) electrons. The summed E-state index contributed by atoms with van der Waals surface area (Å²) in [5.41, 5.74) is 17.1. The first-order valence-electron chi connectivity index (χ1n) is 33.8. The molecule has 0 aliphatic carbocycles. The van der Waals surface area contributed by atoms with Crippen molar-refractivity contribution in [2.24, 2.45) is 0 Å². The average Bonchev–Trinajstić information content (AvgIpc) is 1.70. The van der Waals surface area contributed by atoms with E-state index in [1.165, 1.54) is 27.8 Å². The van der Waals surface area contributed by atoms with E-state index in [1.54, 1.807) is 0 Å². The molecule has 11 aromatic carbocycles. The van der Waals surface area contributed by atoms with Crippen LogP contribution in [-0.2, 0) is 60.3 Å². The summed E-state index contributed by atoms with van der Waals surface area (Å²) in [5.74, 6) is 0. The van der Waals surface area contributed by atoms with E-state index in [-0.39, 0.29) is 80.5 Å². The molecule has 3 aliphatic heterocycles. The molecule has 17 rings (SSSR count). The fourth-order valence-corrected chi connectivity index (χ4v) is 11.8. The Labute approximate surface area is 662 Å². The number of benzene rings is 11. The van der Waals surface area contributed by atoms with Gasteiger partial charge in [0, 0.05) is 52.4 Å². The van der Waals surface area contributed by atoms with Gasteiger partial charge in [0.1, 0.15) is 0 Å². The number of rotatable bonds is 13. The summed E-state index contributed by atoms with van der Waals surface area (Å²) in [7, 11) is 4.06. The van der Waals surface area contributed by atoms with Crippen LogP contribution in [0.15, 0.2) is 389 Å². The molecule has 0 unspecified atom stereocenters. The first-order valence-corrected chi connectivity index (χ1v) is 33.8. The number of hydrogen-bond donors (Lipinski definition) is 0. The fraction of sp³-hybridized carbons (Fsp3) is 0.0222. The number of aromatic nitrogens is 3. The molecule has 0 spiro atoms. The van der Waals surface area contributed by atoms with Gasteiger partial charge in [0.2, 0.25) is 20.1 Å². The van der Waals surface area contributed by atoms with Crippen molar-refractivity contribution in [3.05, 3.63) is 446 Å². The van der Waals surface area contributed by atoms with Crippen molar-refractivity contribution in [2.45, 2.75) is 0 Å². The minimum Gasteiger partial charge on any atom is -0.510 e. The maximum atomic E-state index is 4.51. The predicted molar refractivity (Wildman–Crippen MR) is 427 cm³/mol. The second-order valence-corrected chi connectivity index (χ2v) is 23.6. The Balaban J connectivity index is 0.000000146. The molecule has 514 valence electrons. The first-order chi connectivity index (χ1) is 50.5. The molecule has 9 nitrogen and oxygen atoms in total. The molecule has 3 aromatic heterocycles. The predicted octanol–water partition coefficient (Wildman–Crippen LogP) is 12.6. The third-order valence-corrected chi connectivity index (χ3v) is 16.6. The summed E-state index contributed by atoms with van der Waals surface area (Å²) in [5, 5.41) is 0. The van der Waals surface area contributed by atoms with Gasteiger partial charge in [-0.15, -0.1) is 23.7 Å². The van der Waals surface area contributed by atoms with E-state index in [2.05, 4.69) is 231 Å². The SMILES string of the molecule is CN1C=CN(c2[c-]cccc2)[CH-]1.CN1[CH-]N(c2[c-]cccc2)c2ccccc21.[Ir+3].[Ir+3].[Ir+3].[c-]1ccccc1B(c1ccccc1)c1ccccn1.[c-]1ccccc1B(c1ccccc1)c1ccccn1.[c-]1ccccc1B(c1ccccc1)c1ccccn1.[c-]1ccccc1N1C=CN(c2ccccc2)[CH-]1. The van der Waals surface area contributed by atoms with Crippen molar-refractivity contribution < 1.29 is 60.3 Å². The number of nitrogens with zero attached hydrogens (tertiary/aromatic N) is 9. The van der Waals surface area contributed by atoms with E-state index >= 15 is 0 Å². The number of fused-ring (bicyclic) bond motifs is 1. The molecule has 105 heavy (non-hydrogen) atoms. The average molecular weight is 1890 g/mol. The normalized spacial score (nSPS) is 11.8. The Morgan fingerprint density at radius 2 is 0.600 bits per heavy atom. The van der Waals surface area contributed by atoms with Crippen molar-refractivity contribution >= 4 is 104 Å². The van der Waals surface area contributed by atoms with Gasteiger partial charge in [-0.1, -0.05) is 156 Å². The number of pyridine rings is 3. The van der Waals surface area contributed by atoms with Crippen molar-refractivity contribution in [3.63, 3.8) is 0 Å². The van der Waals surface area contributed by atoms with E-state index in [0.717, 1.165) is 55.9 Å². The molecule has 0 N–H and O–H groups in total. The number of para-hydroxylation sites is 6. The molecule has 14 aromatic rings. The third kappa shape index (κ3) is 22.4. The number of hydrogen-bond acceptors (Lipinski definition) is 9. The van der Waals surface area contributed by atoms with Gasteiger partial charge >= 0.3 is 60.3 Å². The Kier molecular flexibility index (Phi) is 31.5. The van der Waals surface area contributed by atoms with Crippen LogP contribution < -0.4 is 74.1 Å². The maximum absolute atomic E-state index is 4.51. The van der Waals surface area contributed by atoms with E-state index in [9.17, 15) is 0 Å². The minimum absolute atomic E-state index is 0. The summed E-state index contributed by atoms with van der Waals surface area (Å²) in [6.45, 7) is 6.56. The molecular weight excluding hydrogens is 1820 g/mol. The Bertz CT molecular complexity index is 4120. The van der Waals surface area contributed by atoms with Gasteiger partial charge in [0.05, 0.1) is 0 Å². The third-order valence-electron chi connectivity index (χ3n) is 16.6. The largest absolute Gasteiger partial charge is 3.00 e. The molecule has 0 amide bonds. The van der Waals surface area contributed by atoms with Gasteiger partial charge in [0.25, 0.3) is 0 Å². The van der Waals surface area contributed by atoms with Gasteiger partial charge in [-0.2, -0.15) is 212 Å². The molecule has 0 atom stereocenters. The summed E-state index contributed by atoms with van der Waals surface area (Å²) in [6.07, 6.45) is 13.6. The monoisotopic (exact) mass is 1890 g/mol. The van der Waals surface area contributed by atoms with Crippen molar-refractivity contribution in [3.8, 4) is 0 Å². The van der Waals surface area contributed by atoms with Crippen molar-refractivity contribution in [1.29, 1.82) is 0 Å². The van der Waals surface area contributed by atoms with E-state index in [4.69, 9.17) is 0 Å².